The molecule has 0 bridgehead atoms. The van der Waals surface area contributed by atoms with Crippen LogP contribution in [0.15, 0.2) is 18.3 Å². The van der Waals surface area contributed by atoms with Crippen LogP contribution >= 0.6 is 0 Å². The molecule has 0 spiro atoms. The Morgan fingerprint density at radius 2 is 2.12 bits per heavy atom. The Morgan fingerprint density at radius 1 is 1.44 bits per heavy atom. The van der Waals surface area contributed by atoms with Crippen molar-refractivity contribution in [2.24, 2.45) is 5.92 Å². The highest BCUT2D eigenvalue weighted by molar-refractivity contribution is 5.20. The molecule has 0 saturated heterocycles. The number of halogens is 2. The van der Waals surface area contributed by atoms with Crippen LogP contribution in [0.25, 0.3) is 0 Å². The van der Waals surface area contributed by atoms with Gasteiger partial charge >= 0.3 is 0 Å². The van der Waals surface area contributed by atoms with Crippen LogP contribution in [-0.2, 0) is 5.92 Å². The fourth-order valence-corrected chi connectivity index (χ4v) is 1.95. The molecule has 1 saturated carbocycles. The van der Waals surface area contributed by atoms with Crippen molar-refractivity contribution in [2.75, 3.05) is 0 Å². The lowest BCUT2D eigenvalue weighted by Gasteiger charge is -2.13. The van der Waals surface area contributed by atoms with Crippen LogP contribution in [0.4, 0.5) is 8.78 Å². The van der Waals surface area contributed by atoms with Crippen molar-refractivity contribution >= 4 is 0 Å². The molecule has 1 aromatic heterocycles. The Balaban J connectivity index is 2.05. The molecule has 0 N–H and O–H groups in total. The highest BCUT2D eigenvalue weighted by atomic mass is 19.3. The molecule has 0 aliphatic heterocycles. The molecule has 1 aliphatic carbocycles. The molecule has 16 heavy (non-hydrogen) atoms. The third-order valence-electron chi connectivity index (χ3n) is 3.19. The molecule has 0 amide bonds. The van der Waals surface area contributed by atoms with Gasteiger partial charge < -0.3 is 0 Å². The van der Waals surface area contributed by atoms with Gasteiger partial charge in [-0.3, -0.25) is 4.98 Å². The molecule has 1 heterocycles. The number of hydrogen-bond acceptors (Lipinski definition) is 1. The third kappa shape index (κ3) is 2.77. The summed E-state index contributed by atoms with van der Waals surface area (Å²) < 4.78 is 25.9. The Morgan fingerprint density at radius 3 is 2.56 bits per heavy atom. The minimum Gasteiger partial charge on any atom is -0.255 e. The van der Waals surface area contributed by atoms with Crippen LogP contribution in [0.2, 0.25) is 0 Å². The maximum Gasteiger partial charge on any atom is 0.286 e. The van der Waals surface area contributed by atoms with Gasteiger partial charge in [0, 0.05) is 13.1 Å². The second-order valence-corrected chi connectivity index (χ2v) is 4.95. The quantitative estimate of drug-likeness (QED) is 0.751. The van der Waals surface area contributed by atoms with Gasteiger partial charge in [0.2, 0.25) is 0 Å². The normalized spacial score (nSPS) is 18.5. The van der Waals surface area contributed by atoms with E-state index in [1.54, 1.807) is 12.3 Å². The van der Waals surface area contributed by atoms with E-state index in [0.29, 0.717) is 5.92 Å². The highest BCUT2D eigenvalue weighted by Crippen LogP contribution is 2.38. The van der Waals surface area contributed by atoms with E-state index >= 15 is 0 Å². The van der Waals surface area contributed by atoms with Crippen LogP contribution in [0.1, 0.15) is 50.3 Å². The summed E-state index contributed by atoms with van der Waals surface area (Å²) in [6.45, 7) is 3.02. The Labute approximate surface area is 94.9 Å². The predicted molar refractivity (Wildman–Crippen MR) is 59.6 cm³/mol. The molecule has 1 unspecified atom stereocenters. The van der Waals surface area contributed by atoms with Crippen molar-refractivity contribution in [3.05, 3.63) is 29.6 Å². The van der Waals surface area contributed by atoms with Crippen molar-refractivity contribution in [1.29, 1.82) is 0 Å². The van der Waals surface area contributed by atoms with Crippen LogP contribution < -0.4 is 0 Å². The van der Waals surface area contributed by atoms with E-state index in [1.807, 2.05) is 0 Å². The molecule has 0 aromatic carbocycles. The summed E-state index contributed by atoms with van der Waals surface area (Å²) in [5.41, 5.74) is 0.926. The molecule has 0 radical (unpaired) electrons. The van der Waals surface area contributed by atoms with Gasteiger partial charge in [-0.2, -0.15) is 8.78 Å². The van der Waals surface area contributed by atoms with E-state index in [2.05, 4.69) is 11.9 Å². The van der Waals surface area contributed by atoms with Gasteiger partial charge in [-0.05, 0) is 29.9 Å². The number of pyridine rings is 1. The summed E-state index contributed by atoms with van der Waals surface area (Å²) in [5.74, 6) is -1.56. The molecule has 1 atom stereocenters. The number of aromatic nitrogens is 1. The van der Waals surface area contributed by atoms with Gasteiger partial charge in [-0.25, -0.2) is 0 Å². The van der Waals surface area contributed by atoms with Crippen LogP contribution in [0, 0.1) is 5.92 Å². The number of hydrogen-bond donors (Lipinski definition) is 0. The SMILES string of the molecule is CC(CC1CC1)c1ccc(C(C)(F)F)nc1. The van der Waals surface area contributed by atoms with Crippen LogP contribution in [0.3, 0.4) is 0 Å². The molecular weight excluding hydrogens is 208 g/mol. The Kier molecular flexibility index (Phi) is 2.96. The zero-order valence-electron chi connectivity index (χ0n) is 9.71. The van der Waals surface area contributed by atoms with Gasteiger partial charge in [0.15, 0.2) is 0 Å². The topological polar surface area (TPSA) is 12.9 Å². The van der Waals surface area contributed by atoms with E-state index in [-0.39, 0.29) is 5.69 Å². The number of nitrogens with zero attached hydrogens (tertiary/aromatic N) is 1. The number of alkyl halides is 2. The van der Waals surface area contributed by atoms with E-state index in [0.717, 1.165) is 24.8 Å². The van der Waals surface area contributed by atoms with Crippen molar-refractivity contribution in [3.8, 4) is 0 Å². The van der Waals surface area contributed by atoms with Crippen LogP contribution in [-0.4, -0.2) is 4.98 Å². The van der Waals surface area contributed by atoms with E-state index < -0.39 is 5.92 Å². The minimum absolute atomic E-state index is 0.144. The molecule has 1 aromatic rings. The van der Waals surface area contributed by atoms with Gasteiger partial charge in [0.25, 0.3) is 5.92 Å². The molecule has 3 heteroatoms. The monoisotopic (exact) mass is 225 g/mol. The highest BCUT2D eigenvalue weighted by Gasteiger charge is 2.27. The summed E-state index contributed by atoms with van der Waals surface area (Å²) in [6, 6.07) is 3.23. The van der Waals surface area contributed by atoms with Crippen molar-refractivity contribution in [3.63, 3.8) is 0 Å². The predicted octanol–water partition coefficient (Wildman–Crippen LogP) is 4.10. The average molecular weight is 225 g/mol. The first kappa shape index (κ1) is 11.5. The second-order valence-electron chi connectivity index (χ2n) is 4.95. The molecule has 1 fully saturated rings. The third-order valence-corrected chi connectivity index (χ3v) is 3.19. The van der Waals surface area contributed by atoms with Gasteiger partial charge in [0.05, 0.1) is 0 Å². The van der Waals surface area contributed by atoms with Gasteiger partial charge in [-0.1, -0.05) is 25.8 Å². The first-order valence-corrected chi connectivity index (χ1v) is 5.81. The zero-order chi connectivity index (χ0) is 11.8. The lowest BCUT2D eigenvalue weighted by Crippen LogP contribution is -2.10. The van der Waals surface area contributed by atoms with Gasteiger partial charge in [-0.15, -0.1) is 0 Å². The van der Waals surface area contributed by atoms with Gasteiger partial charge in [0.1, 0.15) is 5.69 Å². The van der Waals surface area contributed by atoms with Crippen LogP contribution in [0.5, 0.6) is 0 Å². The lowest BCUT2D eigenvalue weighted by atomic mass is 9.96. The summed E-state index contributed by atoms with van der Waals surface area (Å²) >= 11 is 0. The first-order chi connectivity index (χ1) is 7.47. The summed E-state index contributed by atoms with van der Waals surface area (Å²) in [5, 5.41) is 0. The zero-order valence-corrected chi connectivity index (χ0v) is 9.71. The summed E-state index contributed by atoms with van der Waals surface area (Å²) in [7, 11) is 0. The first-order valence-electron chi connectivity index (χ1n) is 5.81. The second kappa shape index (κ2) is 4.11. The Hall–Kier alpha value is -0.990. The maximum atomic E-state index is 12.9. The fraction of sp³-hybridized carbons (Fsp3) is 0.615. The molecular formula is C13H17F2N. The maximum absolute atomic E-state index is 12.9. The minimum atomic E-state index is -2.84. The van der Waals surface area contributed by atoms with Crippen molar-refractivity contribution < 1.29 is 8.78 Å². The van der Waals surface area contributed by atoms with E-state index in [9.17, 15) is 8.78 Å². The molecule has 1 nitrogen and oxygen atoms in total. The van der Waals surface area contributed by atoms with E-state index in [4.69, 9.17) is 0 Å². The lowest BCUT2D eigenvalue weighted by molar-refractivity contribution is 0.0127. The standard InChI is InChI=1S/C13H17F2N/c1-9(7-10-3-4-10)11-5-6-12(16-8-11)13(2,14)15/h5-6,8-10H,3-4,7H2,1-2H3. The average Bonchev–Trinajstić information content (AvgIpc) is 3.00. The molecule has 2 rings (SSSR count). The number of rotatable bonds is 4. The summed E-state index contributed by atoms with van der Waals surface area (Å²) in [4.78, 5) is 3.85. The van der Waals surface area contributed by atoms with Crippen molar-refractivity contribution in [2.45, 2.75) is 45.0 Å². The van der Waals surface area contributed by atoms with Crippen molar-refractivity contribution in [1.82, 2.24) is 4.98 Å². The molecule has 1 aliphatic rings. The fourth-order valence-electron chi connectivity index (χ4n) is 1.95. The summed E-state index contributed by atoms with van der Waals surface area (Å²) in [6.07, 6.45) is 5.40. The Bertz CT molecular complexity index is 349. The van der Waals surface area contributed by atoms with E-state index in [1.165, 1.54) is 18.9 Å². The largest absolute Gasteiger partial charge is 0.286 e. The smallest absolute Gasteiger partial charge is 0.255 e. The molecule has 88 valence electrons.